The lowest BCUT2D eigenvalue weighted by Crippen LogP contribution is -2.29. The third-order valence-electron chi connectivity index (χ3n) is 5.17. The predicted octanol–water partition coefficient (Wildman–Crippen LogP) is 4.21. The van der Waals surface area contributed by atoms with Crippen LogP contribution in [-0.4, -0.2) is 35.8 Å². The van der Waals surface area contributed by atoms with Gasteiger partial charge in [0.25, 0.3) is 0 Å². The molecule has 1 N–H and O–H groups in total. The van der Waals surface area contributed by atoms with Crippen LogP contribution < -0.4 is 0 Å². The smallest absolute Gasteiger partial charge is 0.193 e. The largest absolute Gasteiger partial charge is 0.361 e. The summed E-state index contributed by atoms with van der Waals surface area (Å²) < 4.78 is 0. The molecule has 0 aliphatic carbocycles. The maximum Gasteiger partial charge on any atom is 0.193 e. The van der Waals surface area contributed by atoms with Gasteiger partial charge in [-0.2, -0.15) is 0 Å². The van der Waals surface area contributed by atoms with E-state index < -0.39 is 0 Å². The monoisotopic (exact) mass is 318 g/mol. The number of ketones is 1. The number of carbonyl (C=O) groups excluding carboxylic acids is 1. The van der Waals surface area contributed by atoms with Gasteiger partial charge < -0.3 is 9.88 Å². The number of fused-ring (bicyclic) bond motifs is 1. The van der Waals surface area contributed by atoms with E-state index in [-0.39, 0.29) is 5.78 Å². The minimum absolute atomic E-state index is 0.0908. The van der Waals surface area contributed by atoms with Crippen molar-refractivity contribution in [1.29, 1.82) is 0 Å². The van der Waals surface area contributed by atoms with Crippen LogP contribution in [0.2, 0.25) is 0 Å². The Bertz CT molecular complexity index is 858. The number of piperidine rings is 1. The van der Waals surface area contributed by atoms with Crippen LogP contribution in [0.4, 0.5) is 0 Å². The van der Waals surface area contributed by atoms with Crippen molar-refractivity contribution in [3.8, 4) is 0 Å². The van der Waals surface area contributed by atoms with Crippen LogP contribution in [0.3, 0.4) is 0 Å². The molecular weight excluding hydrogens is 296 g/mol. The molecule has 0 spiro atoms. The summed E-state index contributed by atoms with van der Waals surface area (Å²) in [7, 11) is 2.18. The summed E-state index contributed by atoms with van der Waals surface area (Å²) in [6, 6.07) is 15.5. The van der Waals surface area contributed by atoms with Gasteiger partial charge in [-0.25, -0.2) is 0 Å². The molecule has 1 aromatic heterocycles. The Kier molecular flexibility index (Phi) is 3.95. The lowest BCUT2D eigenvalue weighted by molar-refractivity contribution is 0.103. The van der Waals surface area contributed by atoms with Gasteiger partial charge >= 0.3 is 0 Å². The molecule has 1 aliphatic rings. The van der Waals surface area contributed by atoms with E-state index in [1.807, 2.05) is 42.5 Å². The van der Waals surface area contributed by atoms with Crippen LogP contribution in [0.15, 0.2) is 54.7 Å². The molecule has 3 nitrogen and oxygen atoms in total. The quantitative estimate of drug-likeness (QED) is 0.734. The van der Waals surface area contributed by atoms with Crippen LogP contribution in [0.25, 0.3) is 10.9 Å². The molecule has 0 unspecified atom stereocenters. The van der Waals surface area contributed by atoms with Crippen LogP contribution in [-0.2, 0) is 0 Å². The third-order valence-corrected chi connectivity index (χ3v) is 5.17. The molecule has 4 rings (SSSR count). The summed E-state index contributed by atoms with van der Waals surface area (Å²) in [6.07, 6.45) is 4.50. The first-order chi connectivity index (χ1) is 11.7. The minimum Gasteiger partial charge on any atom is -0.361 e. The fourth-order valence-corrected chi connectivity index (χ4v) is 3.70. The molecule has 1 saturated heterocycles. The van der Waals surface area contributed by atoms with Crippen molar-refractivity contribution < 1.29 is 4.79 Å². The highest BCUT2D eigenvalue weighted by atomic mass is 16.1. The van der Waals surface area contributed by atoms with Gasteiger partial charge in [-0.1, -0.05) is 30.3 Å². The fraction of sp³-hybridized carbons (Fsp3) is 0.286. The molecule has 2 heterocycles. The highest BCUT2D eigenvalue weighted by Gasteiger charge is 2.21. The summed E-state index contributed by atoms with van der Waals surface area (Å²) in [6.45, 7) is 2.28. The molecule has 1 fully saturated rings. The van der Waals surface area contributed by atoms with Crippen LogP contribution in [0.5, 0.6) is 0 Å². The molecule has 0 radical (unpaired) electrons. The molecule has 122 valence electrons. The highest BCUT2D eigenvalue weighted by Crippen LogP contribution is 2.33. The molecule has 3 heteroatoms. The van der Waals surface area contributed by atoms with Crippen molar-refractivity contribution in [2.45, 2.75) is 18.8 Å². The number of benzene rings is 2. The van der Waals surface area contributed by atoms with Gasteiger partial charge in [0.15, 0.2) is 5.78 Å². The van der Waals surface area contributed by atoms with E-state index >= 15 is 0 Å². The van der Waals surface area contributed by atoms with Crippen molar-refractivity contribution in [2.75, 3.05) is 20.1 Å². The van der Waals surface area contributed by atoms with Crippen molar-refractivity contribution in [1.82, 2.24) is 9.88 Å². The Labute approximate surface area is 142 Å². The zero-order valence-electron chi connectivity index (χ0n) is 14.0. The number of nitrogens with one attached hydrogen (secondary N) is 1. The second-order valence-electron chi connectivity index (χ2n) is 6.78. The van der Waals surface area contributed by atoms with Crippen molar-refractivity contribution in [3.63, 3.8) is 0 Å². The zero-order valence-corrected chi connectivity index (χ0v) is 14.0. The number of rotatable bonds is 3. The first-order valence-electron chi connectivity index (χ1n) is 8.62. The molecule has 24 heavy (non-hydrogen) atoms. The van der Waals surface area contributed by atoms with E-state index in [4.69, 9.17) is 0 Å². The summed E-state index contributed by atoms with van der Waals surface area (Å²) in [4.78, 5) is 18.5. The van der Waals surface area contributed by atoms with E-state index in [0.29, 0.717) is 5.92 Å². The Morgan fingerprint density at radius 2 is 1.79 bits per heavy atom. The van der Waals surface area contributed by atoms with Gasteiger partial charge in [0.1, 0.15) is 0 Å². The molecular formula is C21H22N2O. The zero-order chi connectivity index (χ0) is 16.5. The number of H-pyrrole nitrogens is 1. The van der Waals surface area contributed by atoms with E-state index in [0.717, 1.165) is 29.7 Å². The van der Waals surface area contributed by atoms with E-state index in [1.54, 1.807) is 0 Å². The minimum atomic E-state index is 0.0908. The summed E-state index contributed by atoms with van der Waals surface area (Å²) in [5, 5.41) is 1.20. The number of nitrogens with zero attached hydrogens (tertiary/aromatic N) is 1. The van der Waals surface area contributed by atoms with Crippen LogP contribution in [0.1, 0.15) is 40.2 Å². The average Bonchev–Trinajstić information content (AvgIpc) is 3.05. The summed E-state index contributed by atoms with van der Waals surface area (Å²) >= 11 is 0. The molecule has 1 aliphatic heterocycles. The average molecular weight is 318 g/mol. The van der Waals surface area contributed by atoms with Gasteiger partial charge in [0, 0.05) is 28.2 Å². The molecule has 0 saturated carbocycles. The first kappa shape index (κ1) is 15.2. The topological polar surface area (TPSA) is 36.1 Å². The number of hydrogen-bond acceptors (Lipinski definition) is 2. The molecule has 3 aromatic rings. The van der Waals surface area contributed by atoms with Gasteiger partial charge in [0.05, 0.1) is 0 Å². The van der Waals surface area contributed by atoms with Gasteiger partial charge in [-0.05, 0) is 62.7 Å². The number of likely N-dealkylation sites (tertiary alicyclic amines) is 1. The highest BCUT2D eigenvalue weighted by molar-refractivity contribution is 6.10. The Morgan fingerprint density at radius 3 is 2.54 bits per heavy atom. The normalized spacial score (nSPS) is 16.5. The van der Waals surface area contributed by atoms with Gasteiger partial charge in [0.2, 0.25) is 0 Å². The Morgan fingerprint density at radius 1 is 1.04 bits per heavy atom. The second kappa shape index (κ2) is 6.25. The van der Waals surface area contributed by atoms with Crippen molar-refractivity contribution in [3.05, 3.63) is 71.4 Å². The fourth-order valence-electron chi connectivity index (χ4n) is 3.70. The standard InChI is InChI=1S/C21H22N2O/c1-23-11-9-15(10-12-23)19-14-22-20-8-7-17(13-18(19)20)21(24)16-5-3-2-4-6-16/h2-8,13-15,22H,9-12H2,1H3. The van der Waals surface area contributed by atoms with E-state index in [9.17, 15) is 4.79 Å². The van der Waals surface area contributed by atoms with Crippen molar-refractivity contribution >= 4 is 16.7 Å². The number of carbonyl (C=O) groups is 1. The lowest BCUT2D eigenvalue weighted by Gasteiger charge is -2.28. The lowest BCUT2D eigenvalue weighted by atomic mass is 9.88. The third kappa shape index (κ3) is 2.76. The number of aromatic amines is 1. The Balaban J connectivity index is 1.70. The molecule has 2 aromatic carbocycles. The molecule has 0 atom stereocenters. The maximum atomic E-state index is 12.7. The molecule has 0 bridgehead atoms. The number of aromatic nitrogens is 1. The summed E-state index contributed by atoms with van der Waals surface area (Å²) in [5.41, 5.74) is 3.99. The predicted molar refractivity (Wildman–Crippen MR) is 97.6 cm³/mol. The van der Waals surface area contributed by atoms with Crippen LogP contribution in [0, 0.1) is 0 Å². The van der Waals surface area contributed by atoms with E-state index in [2.05, 4.69) is 29.2 Å². The first-order valence-corrected chi connectivity index (χ1v) is 8.62. The van der Waals surface area contributed by atoms with Gasteiger partial charge in [-0.3, -0.25) is 4.79 Å². The van der Waals surface area contributed by atoms with Gasteiger partial charge in [-0.15, -0.1) is 0 Å². The Hall–Kier alpha value is -2.39. The number of hydrogen-bond donors (Lipinski definition) is 1. The second-order valence-corrected chi connectivity index (χ2v) is 6.78. The van der Waals surface area contributed by atoms with E-state index in [1.165, 1.54) is 23.8 Å². The summed E-state index contributed by atoms with van der Waals surface area (Å²) in [5.74, 6) is 0.671. The maximum absolute atomic E-state index is 12.7. The van der Waals surface area contributed by atoms with Crippen molar-refractivity contribution in [2.24, 2.45) is 0 Å². The SMILES string of the molecule is CN1CCC(c2c[nH]c3ccc(C(=O)c4ccccc4)cc23)CC1. The molecule has 0 amide bonds. The van der Waals surface area contributed by atoms with Crippen LogP contribution >= 0.6 is 0 Å².